The highest BCUT2D eigenvalue weighted by Crippen LogP contribution is 2.18. The molecule has 0 radical (unpaired) electrons. The second-order valence-electron chi connectivity index (χ2n) is 4.20. The van der Waals surface area contributed by atoms with Gasteiger partial charge in [0, 0.05) is 0 Å². The van der Waals surface area contributed by atoms with Crippen LogP contribution in [-0.4, -0.2) is 17.4 Å². The summed E-state index contributed by atoms with van der Waals surface area (Å²) >= 11 is 0. The number of anilines is 1. The van der Waals surface area contributed by atoms with E-state index in [2.05, 4.69) is 34.8 Å². The van der Waals surface area contributed by atoms with Crippen molar-refractivity contribution in [1.29, 1.82) is 0 Å². The number of hydrogen-bond acceptors (Lipinski definition) is 5. The molecule has 1 aliphatic heterocycles. The molecule has 1 aliphatic rings. The summed E-state index contributed by atoms with van der Waals surface area (Å²) in [6, 6.07) is 0.826. The van der Waals surface area contributed by atoms with Crippen LogP contribution in [0.3, 0.4) is 0 Å². The molecule has 1 aromatic rings. The summed E-state index contributed by atoms with van der Waals surface area (Å²) < 4.78 is 4.92. The van der Waals surface area contributed by atoms with Crippen molar-refractivity contribution in [3.63, 3.8) is 0 Å². The normalized spacial score (nSPS) is 25.5. The van der Waals surface area contributed by atoms with Gasteiger partial charge in [0.05, 0.1) is 22.2 Å². The highest BCUT2D eigenvalue weighted by Gasteiger charge is 2.33. The molecule has 16 heavy (non-hydrogen) atoms. The average Bonchev–Trinajstić information content (AvgIpc) is 2.67. The van der Waals surface area contributed by atoms with Gasteiger partial charge in [0.1, 0.15) is 0 Å². The molecule has 1 saturated heterocycles. The van der Waals surface area contributed by atoms with Crippen molar-refractivity contribution in [2.45, 2.75) is 45.2 Å². The van der Waals surface area contributed by atoms with E-state index in [-0.39, 0.29) is 5.88 Å². The second-order valence-corrected chi connectivity index (χ2v) is 4.20. The quantitative estimate of drug-likeness (QED) is 0.472. The minimum atomic E-state index is 0.250. The van der Waals surface area contributed by atoms with Crippen LogP contribution >= 0.6 is 0 Å². The van der Waals surface area contributed by atoms with Crippen molar-refractivity contribution in [3.05, 3.63) is 11.1 Å². The molecule has 1 aromatic heterocycles. The first-order chi connectivity index (χ1) is 7.72. The molecule has 2 rings (SSSR count). The molecule has 88 valence electrons. The standard InChI is InChI=1S/C9H15N5O2/c1-7-4-3-5-8(2)14(7)13-6-9(10-11-15)16-12-13/h6-8H,3-5H2,1-2H3/p+1. The summed E-state index contributed by atoms with van der Waals surface area (Å²) in [6.07, 6.45) is 5.13. The Balaban J connectivity index is 2.17. The summed E-state index contributed by atoms with van der Waals surface area (Å²) in [5, 5.41) is 8.54. The van der Waals surface area contributed by atoms with Gasteiger partial charge in [-0.15, -0.1) is 9.92 Å². The van der Waals surface area contributed by atoms with Crippen LogP contribution in [0.15, 0.2) is 16.0 Å². The van der Waals surface area contributed by atoms with Gasteiger partial charge in [-0.05, 0) is 33.1 Å². The number of piperidine rings is 1. The Labute approximate surface area is 93.3 Å². The van der Waals surface area contributed by atoms with Gasteiger partial charge in [0.2, 0.25) is 5.27 Å². The van der Waals surface area contributed by atoms with Crippen LogP contribution in [0.2, 0.25) is 0 Å². The van der Waals surface area contributed by atoms with Crippen LogP contribution in [0.4, 0.5) is 5.88 Å². The lowest BCUT2D eigenvalue weighted by Crippen LogP contribution is -2.67. The van der Waals surface area contributed by atoms with E-state index in [0.29, 0.717) is 12.1 Å². The SMILES string of the molecule is CC1CCCC(C)N1[n+]1cc(NN=O)on1. The Hall–Kier alpha value is -1.66. The third-order valence-electron chi connectivity index (χ3n) is 3.00. The monoisotopic (exact) mass is 226 g/mol. The maximum absolute atomic E-state index is 10.0. The first-order valence-corrected chi connectivity index (χ1v) is 5.48. The first kappa shape index (κ1) is 10.8. The molecule has 7 nitrogen and oxygen atoms in total. The zero-order valence-electron chi connectivity index (χ0n) is 9.46. The molecular formula is C9H16N5O2+. The third-order valence-corrected chi connectivity index (χ3v) is 3.00. The second kappa shape index (κ2) is 4.46. The molecular weight excluding hydrogens is 210 g/mol. The van der Waals surface area contributed by atoms with E-state index < -0.39 is 0 Å². The van der Waals surface area contributed by atoms with Crippen molar-refractivity contribution in [2.24, 2.45) is 5.29 Å². The highest BCUT2D eigenvalue weighted by molar-refractivity contribution is 5.20. The van der Waals surface area contributed by atoms with Crippen molar-refractivity contribution in [3.8, 4) is 0 Å². The van der Waals surface area contributed by atoms with Gasteiger partial charge in [-0.3, -0.25) is 4.52 Å². The maximum atomic E-state index is 10.0. The number of nitrogens with one attached hydrogen (secondary N) is 1. The molecule has 1 fully saturated rings. The largest absolute Gasteiger partial charge is 0.321 e. The third kappa shape index (κ3) is 1.98. The van der Waals surface area contributed by atoms with Gasteiger partial charge < -0.3 is 0 Å². The summed E-state index contributed by atoms with van der Waals surface area (Å²) in [4.78, 5) is 11.7. The summed E-state index contributed by atoms with van der Waals surface area (Å²) in [5.41, 5.74) is 2.19. The van der Waals surface area contributed by atoms with Gasteiger partial charge >= 0.3 is 5.88 Å². The molecule has 0 saturated carbocycles. The zero-order chi connectivity index (χ0) is 11.5. The minimum Gasteiger partial charge on any atom is -0.278 e. The van der Waals surface area contributed by atoms with E-state index in [0.717, 1.165) is 12.8 Å². The van der Waals surface area contributed by atoms with E-state index in [1.807, 2.05) is 0 Å². The molecule has 2 unspecified atom stereocenters. The Morgan fingerprint density at radius 3 is 2.88 bits per heavy atom. The van der Waals surface area contributed by atoms with Crippen LogP contribution in [0.25, 0.3) is 0 Å². The van der Waals surface area contributed by atoms with Crippen LogP contribution in [0.1, 0.15) is 33.1 Å². The van der Waals surface area contributed by atoms with Crippen molar-refractivity contribution in [1.82, 2.24) is 5.27 Å². The Kier molecular flexibility index (Phi) is 3.02. The van der Waals surface area contributed by atoms with E-state index in [9.17, 15) is 4.91 Å². The van der Waals surface area contributed by atoms with E-state index in [4.69, 9.17) is 4.52 Å². The van der Waals surface area contributed by atoms with Crippen LogP contribution in [0.5, 0.6) is 0 Å². The number of nitrogens with zero attached hydrogens (tertiary/aromatic N) is 4. The fourth-order valence-electron chi connectivity index (χ4n) is 2.25. The molecule has 0 spiro atoms. The number of aromatic nitrogens is 2. The topological polar surface area (TPSA) is 74.6 Å². The van der Waals surface area contributed by atoms with Gasteiger partial charge in [-0.2, -0.15) is 0 Å². The highest BCUT2D eigenvalue weighted by atomic mass is 16.5. The lowest BCUT2D eigenvalue weighted by atomic mass is 10.00. The van der Waals surface area contributed by atoms with Gasteiger partial charge in [0.25, 0.3) is 6.20 Å². The number of nitroso groups, excluding NO2 is 1. The lowest BCUT2D eigenvalue weighted by Gasteiger charge is -2.31. The van der Waals surface area contributed by atoms with Gasteiger partial charge in [-0.1, -0.05) is 0 Å². The molecule has 0 aromatic carbocycles. The maximum Gasteiger partial charge on any atom is 0.321 e. The van der Waals surface area contributed by atoms with E-state index >= 15 is 0 Å². The fourth-order valence-corrected chi connectivity index (χ4v) is 2.25. The van der Waals surface area contributed by atoms with E-state index in [1.54, 1.807) is 11.0 Å². The number of rotatable bonds is 3. The molecule has 0 bridgehead atoms. The van der Waals surface area contributed by atoms with Crippen molar-refractivity contribution >= 4 is 5.88 Å². The molecule has 2 atom stereocenters. The lowest BCUT2D eigenvalue weighted by molar-refractivity contribution is -0.765. The molecule has 0 aliphatic carbocycles. The summed E-state index contributed by atoms with van der Waals surface area (Å²) in [5.74, 6) is 0.250. The van der Waals surface area contributed by atoms with Crippen LogP contribution in [-0.2, 0) is 0 Å². The summed E-state index contributed by atoms with van der Waals surface area (Å²) in [7, 11) is 0. The van der Waals surface area contributed by atoms with Crippen LogP contribution < -0.4 is 15.2 Å². The minimum absolute atomic E-state index is 0.250. The molecule has 0 amide bonds. The zero-order valence-corrected chi connectivity index (χ0v) is 9.46. The van der Waals surface area contributed by atoms with Crippen molar-refractivity contribution in [2.75, 3.05) is 10.4 Å². The van der Waals surface area contributed by atoms with E-state index in [1.165, 1.54) is 6.42 Å². The molecule has 7 heteroatoms. The Morgan fingerprint density at radius 2 is 2.25 bits per heavy atom. The predicted molar refractivity (Wildman–Crippen MR) is 57.1 cm³/mol. The predicted octanol–water partition coefficient (Wildman–Crippen LogP) is 0.954. The van der Waals surface area contributed by atoms with Crippen LogP contribution in [0, 0.1) is 4.91 Å². The summed E-state index contributed by atoms with van der Waals surface area (Å²) in [6.45, 7) is 4.31. The average molecular weight is 226 g/mol. The fraction of sp³-hybridized carbons (Fsp3) is 0.778. The smallest absolute Gasteiger partial charge is 0.278 e. The van der Waals surface area contributed by atoms with Gasteiger partial charge in [0.15, 0.2) is 0 Å². The Bertz CT molecular complexity index is 357. The van der Waals surface area contributed by atoms with Gasteiger partial charge in [-0.25, -0.2) is 5.43 Å². The number of hydrogen-bond donors (Lipinski definition) is 1. The Morgan fingerprint density at radius 1 is 1.56 bits per heavy atom. The first-order valence-electron chi connectivity index (χ1n) is 5.48. The molecule has 2 heterocycles. The molecule has 1 N–H and O–H groups in total. The van der Waals surface area contributed by atoms with Crippen molar-refractivity contribution < 1.29 is 9.31 Å².